The summed E-state index contributed by atoms with van der Waals surface area (Å²) in [5.74, 6) is 0.839. The summed E-state index contributed by atoms with van der Waals surface area (Å²) in [4.78, 5) is 17.1. The quantitative estimate of drug-likeness (QED) is 0.848. The molecule has 1 N–H and O–H groups in total. The predicted octanol–water partition coefficient (Wildman–Crippen LogP) is 3.03. The zero-order valence-corrected chi connectivity index (χ0v) is 15.6. The van der Waals surface area contributed by atoms with Crippen molar-refractivity contribution in [3.05, 3.63) is 59.7 Å². The van der Waals surface area contributed by atoms with Gasteiger partial charge in [0, 0.05) is 38.7 Å². The van der Waals surface area contributed by atoms with Gasteiger partial charge in [0.15, 0.2) is 0 Å². The van der Waals surface area contributed by atoms with E-state index < -0.39 is 0 Å². The van der Waals surface area contributed by atoms with Crippen LogP contribution < -0.4 is 15.0 Å². The molecular formula is C22H25N3O2. The fourth-order valence-corrected chi connectivity index (χ4v) is 3.56. The molecule has 5 nitrogen and oxygen atoms in total. The SMILES string of the molecule is CN1CCN(c2ccccc2NC(=O)/C=C/c2ccc3c(c2)CCO3)CC1. The molecule has 0 atom stereocenters. The molecule has 2 aliphatic heterocycles. The van der Waals surface area contributed by atoms with Crippen LogP contribution in [0.2, 0.25) is 0 Å². The Kier molecular flexibility index (Phi) is 5.12. The summed E-state index contributed by atoms with van der Waals surface area (Å²) in [6.07, 6.45) is 4.38. The number of para-hydroxylation sites is 2. The van der Waals surface area contributed by atoms with Crippen LogP contribution in [-0.4, -0.2) is 50.6 Å². The summed E-state index contributed by atoms with van der Waals surface area (Å²) in [7, 11) is 2.14. The minimum absolute atomic E-state index is 0.117. The Bertz CT molecular complexity index is 854. The number of rotatable bonds is 4. The largest absolute Gasteiger partial charge is 0.493 e. The molecule has 0 spiro atoms. The molecule has 2 aromatic carbocycles. The standard InChI is InChI=1S/C22H25N3O2/c1-24-11-13-25(14-12-24)20-5-3-2-4-19(20)23-22(26)9-7-17-6-8-21-18(16-17)10-15-27-21/h2-9,16H,10-15H2,1H3,(H,23,26)/b9-7+. The van der Waals surface area contributed by atoms with E-state index in [9.17, 15) is 4.79 Å². The van der Waals surface area contributed by atoms with Crippen molar-refractivity contribution in [3.63, 3.8) is 0 Å². The van der Waals surface area contributed by atoms with Crippen molar-refractivity contribution < 1.29 is 9.53 Å². The number of hydrogen-bond acceptors (Lipinski definition) is 4. The van der Waals surface area contributed by atoms with Gasteiger partial charge in [-0.1, -0.05) is 18.2 Å². The van der Waals surface area contributed by atoms with E-state index in [2.05, 4.69) is 34.3 Å². The lowest BCUT2D eigenvalue weighted by Crippen LogP contribution is -2.44. The summed E-state index contributed by atoms with van der Waals surface area (Å²) in [6, 6.07) is 14.1. The number of piperazine rings is 1. The second-order valence-corrected chi connectivity index (χ2v) is 7.10. The highest BCUT2D eigenvalue weighted by molar-refractivity contribution is 6.03. The second kappa shape index (κ2) is 7.84. The van der Waals surface area contributed by atoms with Crippen LogP contribution in [-0.2, 0) is 11.2 Å². The van der Waals surface area contributed by atoms with Crippen molar-refractivity contribution in [3.8, 4) is 5.75 Å². The molecule has 0 unspecified atom stereocenters. The highest BCUT2D eigenvalue weighted by atomic mass is 16.5. The summed E-state index contributed by atoms with van der Waals surface area (Å²) >= 11 is 0. The van der Waals surface area contributed by atoms with Crippen LogP contribution in [0.25, 0.3) is 6.08 Å². The van der Waals surface area contributed by atoms with Gasteiger partial charge >= 0.3 is 0 Å². The first kappa shape index (κ1) is 17.6. The number of ether oxygens (including phenoxy) is 1. The topological polar surface area (TPSA) is 44.8 Å². The Balaban J connectivity index is 1.44. The fraction of sp³-hybridized carbons (Fsp3) is 0.318. The number of anilines is 2. The van der Waals surface area contributed by atoms with Gasteiger partial charge in [-0.15, -0.1) is 0 Å². The van der Waals surface area contributed by atoms with Crippen molar-refractivity contribution in [1.29, 1.82) is 0 Å². The number of benzene rings is 2. The number of carbonyl (C=O) groups excluding carboxylic acids is 1. The normalized spacial score (nSPS) is 17.0. The molecule has 1 fully saturated rings. The number of hydrogen-bond donors (Lipinski definition) is 1. The van der Waals surface area contributed by atoms with Crippen molar-refractivity contribution in [2.24, 2.45) is 0 Å². The first-order valence-electron chi connectivity index (χ1n) is 9.46. The van der Waals surface area contributed by atoms with Gasteiger partial charge < -0.3 is 19.9 Å². The smallest absolute Gasteiger partial charge is 0.248 e. The highest BCUT2D eigenvalue weighted by Gasteiger charge is 2.17. The van der Waals surface area contributed by atoms with E-state index in [4.69, 9.17) is 4.74 Å². The molecule has 2 aliphatic rings. The van der Waals surface area contributed by atoms with E-state index in [0.717, 1.165) is 61.9 Å². The Morgan fingerprint density at radius 3 is 2.78 bits per heavy atom. The van der Waals surface area contributed by atoms with E-state index >= 15 is 0 Å². The summed E-state index contributed by atoms with van der Waals surface area (Å²) in [5.41, 5.74) is 4.17. The van der Waals surface area contributed by atoms with E-state index in [0.29, 0.717) is 0 Å². The lowest BCUT2D eigenvalue weighted by atomic mass is 10.1. The van der Waals surface area contributed by atoms with Crippen LogP contribution in [0.5, 0.6) is 5.75 Å². The number of carbonyl (C=O) groups is 1. The minimum Gasteiger partial charge on any atom is -0.493 e. The summed E-state index contributed by atoms with van der Waals surface area (Å²) in [5, 5.41) is 3.04. The monoisotopic (exact) mass is 363 g/mol. The van der Waals surface area contributed by atoms with Crippen LogP contribution in [0.15, 0.2) is 48.5 Å². The summed E-state index contributed by atoms with van der Waals surface area (Å²) < 4.78 is 5.52. The first-order chi connectivity index (χ1) is 13.2. The fourth-order valence-electron chi connectivity index (χ4n) is 3.56. The second-order valence-electron chi connectivity index (χ2n) is 7.10. The molecule has 0 radical (unpaired) electrons. The maximum atomic E-state index is 12.5. The van der Waals surface area contributed by atoms with Crippen LogP contribution >= 0.6 is 0 Å². The third kappa shape index (κ3) is 4.14. The molecule has 4 rings (SSSR count). The predicted molar refractivity (Wildman–Crippen MR) is 109 cm³/mol. The van der Waals surface area contributed by atoms with Gasteiger partial charge in [-0.3, -0.25) is 4.79 Å². The third-order valence-electron chi connectivity index (χ3n) is 5.15. The molecule has 1 saturated heterocycles. The zero-order chi connectivity index (χ0) is 18.6. The van der Waals surface area contributed by atoms with Crippen molar-refractivity contribution >= 4 is 23.4 Å². The van der Waals surface area contributed by atoms with Gasteiger partial charge in [0.05, 0.1) is 18.0 Å². The Morgan fingerprint density at radius 1 is 1.11 bits per heavy atom. The Hall–Kier alpha value is -2.79. The maximum Gasteiger partial charge on any atom is 0.248 e. The highest BCUT2D eigenvalue weighted by Crippen LogP contribution is 2.27. The number of likely N-dealkylation sites (N-methyl/N-ethyl adjacent to an activating group) is 1. The molecule has 0 bridgehead atoms. The third-order valence-corrected chi connectivity index (χ3v) is 5.15. The number of nitrogens with zero attached hydrogens (tertiary/aromatic N) is 2. The average molecular weight is 363 g/mol. The van der Waals surface area contributed by atoms with Gasteiger partial charge in [-0.2, -0.15) is 0 Å². The summed E-state index contributed by atoms with van der Waals surface area (Å²) in [6.45, 7) is 4.74. The molecule has 0 saturated carbocycles. The lowest BCUT2D eigenvalue weighted by molar-refractivity contribution is -0.111. The maximum absolute atomic E-state index is 12.5. The van der Waals surface area contributed by atoms with Gasteiger partial charge in [0.1, 0.15) is 5.75 Å². The Morgan fingerprint density at radius 2 is 1.93 bits per heavy atom. The molecule has 27 heavy (non-hydrogen) atoms. The van der Waals surface area contributed by atoms with Crippen LogP contribution in [0, 0.1) is 0 Å². The van der Waals surface area contributed by atoms with Gasteiger partial charge in [-0.25, -0.2) is 0 Å². The van der Waals surface area contributed by atoms with Crippen molar-refractivity contribution in [2.75, 3.05) is 50.1 Å². The van der Waals surface area contributed by atoms with Crippen molar-refractivity contribution in [2.45, 2.75) is 6.42 Å². The van der Waals surface area contributed by atoms with Crippen LogP contribution in [0.4, 0.5) is 11.4 Å². The molecule has 2 heterocycles. The molecular weight excluding hydrogens is 338 g/mol. The Labute approximate surface area is 160 Å². The molecule has 0 aliphatic carbocycles. The molecule has 5 heteroatoms. The van der Waals surface area contributed by atoms with Gasteiger partial charge in [-0.05, 0) is 48.5 Å². The van der Waals surface area contributed by atoms with E-state index in [1.165, 1.54) is 5.56 Å². The first-order valence-corrected chi connectivity index (χ1v) is 9.46. The zero-order valence-electron chi connectivity index (χ0n) is 15.6. The number of amides is 1. The molecule has 0 aromatic heterocycles. The van der Waals surface area contributed by atoms with E-state index in [1.54, 1.807) is 6.08 Å². The lowest BCUT2D eigenvalue weighted by Gasteiger charge is -2.35. The average Bonchev–Trinajstić information content (AvgIpc) is 3.15. The molecule has 2 aromatic rings. The van der Waals surface area contributed by atoms with Gasteiger partial charge in [0.2, 0.25) is 5.91 Å². The number of fused-ring (bicyclic) bond motifs is 1. The van der Waals surface area contributed by atoms with Crippen molar-refractivity contribution in [1.82, 2.24) is 4.90 Å². The minimum atomic E-state index is -0.117. The van der Waals surface area contributed by atoms with Crippen LogP contribution in [0.3, 0.4) is 0 Å². The molecule has 1 amide bonds. The molecule has 140 valence electrons. The van der Waals surface area contributed by atoms with E-state index in [1.807, 2.05) is 36.4 Å². The van der Waals surface area contributed by atoms with Crippen LogP contribution in [0.1, 0.15) is 11.1 Å². The van der Waals surface area contributed by atoms with E-state index in [-0.39, 0.29) is 5.91 Å². The van der Waals surface area contributed by atoms with Gasteiger partial charge in [0.25, 0.3) is 0 Å². The number of nitrogens with one attached hydrogen (secondary N) is 1.